The number of aromatic nitrogens is 2. The van der Waals surface area contributed by atoms with Crippen LogP contribution in [0.15, 0.2) is 0 Å². The first-order valence-electron chi connectivity index (χ1n) is 6.22. The Bertz CT molecular complexity index is 535. The molecule has 0 bridgehead atoms. The van der Waals surface area contributed by atoms with E-state index < -0.39 is 10.9 Å². The lowest BCUT2D eigenvalue weighted by molar-refractivity contribution is -0.386. The van der Waals surface area contributed by atoms with Crippen molar-refractivity contribution in [2.75, 3.05) is 6.61 Å². The first kappa shape index (κ1) is 15.8. The second kappa shape index (κ2) is 6.78. The minimum absolute atomic E-state index is 0.00800. The third-order valence-corrected chi connectivity index (χ3v) is 2.77. The monoisotopic (exact) mass is 283 g/mol. The van der Waals surface area contributed by atoms with Crippen LogP contribution in [0.2, 0.25) is 0 Å². The average molecular weight is 283 g/mol. The van der Waals surface area contributed by atoms with Gasteiger partial charge >= 0.3 is 11.7 Å². The summed E-state index contributed by atoms with van der Waals surface area (Å²) in [6, 6.07) is 0. The van der Waals surface area contributed by atoms with Crippen LogP contribution < -0.4 is 0 Å². The lowest BCUT2D eigenvalue weighted by Crippen LogP contribution is -2.15. The van der Waals surface area contributed by atoms with Crippen molar-refractivity contribution >= 4 is 17.4 Å². The fourth-order valence-corrected chi connectivity index (χ4v) is 1.83. The van der Waals surface area contributed by atoms with Gasteiger partial charge in [0.1, 0.15) is 17.9 Å². The number of nitro groups is 1. The summed E-state index contributed by atoms with van der Waals surface area (Å²) in [6.45, 7) is 4.94. The molecular weight excluding hydrogens is 266 g/mol. The molecule has 0 atom stereocenters. The molecule has 0 aliphatic heterocycles. The zero-order valence-electron chi connectivity index (χ0n) is 11.7. The number of carbonyl (C=O) groups is 2. The zero-order chi connectivity index (χ0) is 15.3. The molecule has 0 saturated carbocycles. The van der Waals surface area contributed by atoms with Crippen molar-refractivity contribution in [3.05, 3.63) is 21.5 Å². The molecule has 0 saturated heterocycles. The molecule has 0 aromatic carbocycles. The van der Waals surface area contributed by atoms with Crippen LogP contribution in [0.5, 0.6) is 0 Å². The van der Waals surface area contributed by atoms with Crippen LogP contribution in [0.3, 0.4) is 0 Å². The first-order chi connectivity index (χ1) is 9.36. The van der Waals surface area contributed by atoms with Crippen LogP contribution >= 0.6 is 0 Å². The number of esters is 1. The van der Waals surface area contributed by atoms with E-state index in [-0.39, 0.29) is 43.2 Å². The number of Topliss-reactive ketones (excluding diaryl/α,β-unsaturated/α-hetero) is 1. The minimum atomic E-state index is -0.517. The Labute approximate surface area is 115 Å². The van der Waals surface area contributed by atoms with Crippen LogP contribution in [0.4, 0.5) is 5.69 Å². The summed E-state index contributed by atoms with van der Waals surface area (Å²) in [4.78, 5) is 33.2. The Morgan fingerprint density at radius 2 is 2.00 bits per heavy atom. The standard InChI is InChI=1S/C12H17N3O5/c1-4-20-11(17)6-5-10(16)7-14-9(3)12(15(18)19)8(2)13-14/h4-7H2,1-3H3. The fourth-order valence-electron chi connectivity index (χ4n) is 1.83. The van der Waals surface area contributed by atoms with Gasteiger partial charge in [-0.3, -0.25) is 24.4 Å². The molecule has 0 aliphatic carbocycles. The Morgan fingerprint density at radius 1 is 1.35 bits per heavy atom. The second-order valence-corrected chi connectivity index (χ2v) is 4.28. The summed E-state index contributed by atoms with van der Waals surface area (Å²) < 4.78 is 6.01. The van der Waals surface area contributed by atoms with Gasteiger partial charge in [0.2, 0.25) is 0 Å². The summed E-state index contributed by atoms with van der Waals surface area (Å²) in [5, 5.41) is 14.8. The maximum absolute atomic E-state index is 11.7. The predicted molar refractivity (Wildman–Crippen MR) is 69.2 cm³/mol. The van der Waals surface area contributed by atoms with E-state index in [2.05, 4.69) is 5.10 Å². The molecule has 1 aromatic rings. The molecule has 20 heavy (non-hydrogen) atoms. The smallest absolute Gasteiger partial charge is 0.312 e. The van der Waals surface area contributed by atoms with Gasteiger partial charge in [-0.2, -0.15) is 5.10 Å². The number of carbonyl (C=O) groups excluding carboxylic acids is 2. The Hall–Kier alpha value is -2.25. The SMILES string of the molecule is CCOC(=O)CCC(=O)Cn1nc(C)c([N+](=O)[O-])c1C. The van der Waals surface area contributed by atoms with E-state index in [1.165, 1.54) is 18.5 Å². The molecule has 0 radical (unpaired) electrons. The molecule has 0 fully saturated rings. The quantitative estimate of drug-likeness (QED) is 0.424. The van der Waals surface area contributed by atoms with E-state index in [0.29, 0.717) is 5.69 Å². The van der Waals surface area contributed by atoms with Crippen molar-refractivity contribution in [1.82, 2.24) is 9.78 Å². The summed E-state index contributed by atoms with van der Waals surface area (Å²) in [5.41, 5.74) is 0.519. The van der Waals surface area contributed by atoms with Crippen molar-refractivity contribution in [2.45, 2.75) is 40.2 Å². The van der Waals surface area contributed by atoms with E-state index in [1.54, 1.807) is 6.92 Å². The average Bonchev–Trinajstić information content (AvgIpc) is 2.62. The topological polar surface area (TPSA) is 104 Å². The van der Waals surface area contributed by atoms with Crippen LogP contribution in [0.25, 0.3) is 0 Å². The highest BCUT2D eigenvalue weighted by Crippen LogP contribution is 2.21. The molecular formula is C12H17N3O5. The molecule has 0 amide bonds. The van der Waals surface area contributed by atoms with E-state index in [0.717, 1.165) is 0 Å². The highest BCUT2D eigenvalue weighted by molar-refractivity contribution is 5.82. The van der Waals surface area contributed by atoms with Gasteiger partial charge in [-0.1, -0.05) is 0 Å². The molecule has 0 aliphatic rings. The Kier molecular flexibility index (Phi) is 5.36. The van der Waals surface area contributed by atoms with Gasteiger partial charge in [-0.15, -0.1) is 0 Å². The summed E-state index contributed by atoms with van der Waals surface area (Å²) >= 11 is 0. The zero-order valence-corrected chi connectivity index (χ0v) is 11.7. The van der Waals surface area contributed by atoms with Gasteiger partial charge in [0.05, 0.1) is 18.0 Å². The summed E-state index contributed by atoms with van der Waals surface area (Å²) in [7, 11) is 0. The van der Waals surface area contributed by atoms with E-state index in [4.69, 9.17) is 4.74 Å². The normalized spacial score (nSPS) is 10.3. The van der Waals surface area contributed by atoms with Crippen molar-refractivity contribution < 1.29 is 19.2 Å². The number of aryl methyl sites for hydroxylation is 1. The summed E-state index contributed by atoms with van der Waals surface area (Å²) in [5.74, 6) is -0.654. The largest absolute Gasteiger partial charge is 0.466 e. The molecule has 110 valence electrons. The fraction of sp³-hybridized carbons (Fsp3) is 0.583. The van der Waals surface area contributed by atoms with E-state index in [1.807, 2.05) is 0 Å². The Balaban J connectivity index is 2.65. The van der Waals surface area contributed by atoms with Crippen LogP contribution in [0.1, 0.15) is 31.2 Å². The first-order valence-corrected chi connectivity index (χ1v) is 6.22. The van der Waals surface area contributed by atoms with Crippen LogP contribution in [0, 0.1) is 24.0 Å². The second-order valence-electron chi connectivity index (χ2n) is 4.28. The van der Waals surface area contributed by atoms with Crippen molar-refractivity contribution in [3.63, 3.8) is 0 Å². The van der Waals surface area contributed by atoms with Crippen LogP contribution in [-0.4, -0.2) is 33.1 Å². The van der Waals surface area contributed by atoms with Gasteiger partial charge in [0.15, 0.2) is 5.78 Å². The molecule has 0 N–H and O–H groups in total. The van der Waals surface area contributed by atoms with Crippen molar-refractivity contribution in [3.8, 4) is 0 Å². The Morgan fingerprint density at radius 3 is 2.50 bits per heavy atom. The van der Waals surface area contributed by atoms with E-state index >= 15 is 0 Å². The highest BCUT2D eigenvalue weighted by Gasteiger charge is 2.22. The van der Waals surface area contributed by atoms with Crippen LogP contribution in [-0.2, 0) is 20.9 Å². The predicted octanol–water partition coefficient (Wildman–Crippen LogP) is 1.32. The third kappa shape index (κ3) is 3.87. The van der Waals surface area contributed by atoms with Gasteiger partial charge in [-0.05, 0) is 20.8 Å². The van der Waals surface area contributed by atoms with Crippen molar-refractivity contribution in [2.24, 2.45) is 0 Å². The molecule has 0 spiro atoms. The number of ketones is 1. The van der Waals surface area contributed by atoms with E-state index in [9.17, 15) is 19.7 Å². The molecule has 1 aromatic heterocycles. The summed E-state index contributed by atoms with van der Waals surface area (Å²) in [6.07, 6.45) is 0.0407. The number of ether oxygens (including phenoxy) is 1. The number of hydrogen-bond donors (Lipinski definition) is 0. The number of nitrogens with zero attached hydrogens (tertiary/aromatic N) is 3. The minimum Gasteiger partial charge on any atom is -0.466 e. The third-order valence-electron chi connectivity index (χ3n) is 2.77. The molecule has 1 rings (SSSR count). The van der Waals surface area contributed by atoms with Gasteiger partial charge in [0, 0.05) is 6.42 Å². The van der Waals surface area contributed by atoms with Gasteiger partial charge in [0.25, 0.3) is 0 Å². The van der Waals surface area contributed by atoms with Gasteiger partial charge < -0.3 is 4.74 Å². The lowest BCUT2D eigenvalue weighted by atomic mass is 10.2. The molecule has 8 heteroatoms. The maximum atomic E-state index is 11.7. The lowest BCUT2D eigenvalue weighted by Gasteiger charge is -2.03. The molecule has 8 nitrogen and oxygen atoms in total. The molecule has 0 unspecified atom stereocenters. The molecule has 1 heterocycles. The maximum Gasteiger partial charge on any atom is 0.312 e. The van der Waals surface area contributed by atoms with Crippen molar-refractivity contribution in [1.29, 1.82) is 0 Å². The number of rotatable bonds is 7. The van der Waals surface area contributed by atoms with Gasteiger partial charge in [-0.25, -0.2) is 0 Å². The number of hydrogen-bond acceptors (Lipinski definition) is 6. The highest BCUT2D eigenvalue weighted by atomic mass is 16.6.